The van der Waals surface area contributed by atoms with Crippen molar-refractivity contribution in [3.63, 3.8) is 0 Å². The number of carbonyl (C=O) groups is 4. The SMILES string of the molecule is C=CC1=C(C)c2cc3nc(cc4[nH]c(cc5[nH]c(cc1n2)c(C)c5C(=O)O)c(C(=O)O)c4C)C1(C)C3=CC=C(C(=O)OC)C1C(=O)OC. The van der Waals surface area contributed by atoms with Crippen LogP contribution in [0.3, 0.4) is 0 Å². The second-order valence-corrected chi connectivity index (χ2v) is 12.0. The van der Waals surface area contributed by atoms with Crippen molar-refractivity contribution in [1.82, 2.24) is 19.9 Å². The molecule has 48 heavy (non-hydrogen) atoms. The van der Waals surface area contributed by atoms with E-state index in [9.17, 15) is 29.4 Å². The number of hydrogen-bond acceptors (Lipinski definition) is 8. The molecule has 0 saturated heterocycles. The van der Waals surface area contributed by atoms with Crippen LogP contribution in [0.2, 0.25) is 0 Å². The van der Waals surface area contributed by atoms with Gasteiger partial charge in [-0.25, -0.2) is 19.4 Å². The molecule has 4 N–H and O–H groups in total. The van der Waals surface area contributed by atoms with Gasteiger partial charge in [-0.2, -0.15) is 0 Å². The van der Waals surface area contributed by atoms with E-state index >= 15 is 0 Å². The van der Waals surface area contributed by atoms with Crippen molar-refractivity contribution in [3.8, 4) is 0 Å². The third-order valence-corrected chi connectivity index (χ3v) is 9.48. The highest BCUT2D eigenvalue weighted by Crippen LogP contribution is 2.52. The fourth-order valence-corrected chi connectivity index (χ4v) is 6.92. The van der Waals surface area contributed by atoms with E-state index in [1.807, 2.05) is 6.92 Å². The summed E-state index contributed by atoms with van der Waals surface area (Å²) in [6.07, 6.45) is 4.91. The molecule has 8 bridgehead atoms. The largest absolute Gasteiger partial charge is 0.478 e. The van der Waals surface area contributed by atoms with Crippen molar-refractivity contribution in [2.75, 3.05) is 14.2 Å². The lowest BCUT2D eigenvalue weighted by Crippen LogP contribution is -2.42. The Kier molecular flexibility index (Phi) is 7.54. The molecule has 0 fully saturated rings. The highest BCUT2D eigenvalue weighted by Gasteiger charge is 2.53. The van der Waals surface area contributed by atoms with Crippen LogP contribution in [-0.4, -0.2) is 68.2 Å². The maximum absolute atomic E-state index is 13.5. The van der Waals surface area contributed by atoms with Crippen LogP contribution < -0.4 is 0 Å². The quantitative estimate of drug-likeness (QED) is 0.251. The molecule has 2 atom stereocenters. The summed E-state index contributed by atoms with van der Waals surface area (Å²) in [6.45, 7) is 10.9. The van der Waals surface area contributed by atoms with Gasteiger partial charge < -0.3 is 29.7 Å². The molecular weight excluding hydrogens is 616 g/mol. The van der Waals surface area contributed by atoms with Crippen LogP contribution in [0.15, 0.2) is 54.6 Å². The van der Waals surface area contributed by atoms with E-state index in [1.54, 1.807) is 51.1 Å². The molecule has 1 aliphatic carbocycles. The van der Waals surface area contributed by atoms with Gasteiger partial charge in [0.2, 0.25) is 0 Å². The first-order valence-corrected chi connectivity index (χ1v) is 14.9. The molecule has 3 aliphatic rings. The predicted molar refractivity (Wildman–Crippen MR) is 178 cm³/mol. The number of aromatic amines is 2. The molecule has 3 aromatic rings. The van der Waals surface area contributed by atoms with E-state index in [4.69, 9.17) is 19.4 Å². The lowest BCUT2D eigenvalue weighted by Gasteiger charge is -2.36. The van der Waals surface area contributed by atoms with Crippen LogP contribution in [0, 0.1) is 19.8 Å². The van der Waals surface area contributed by atoms with Crippen LogP contribution >= 0.6 is 0 Å². The van der Waals surface area contributed by atoms with Crippen LogP contribution in [-0.2, 0) is 24.5 Å². The zero-order valence-corrected chi connectivity index (χ0v) is 27.1. The topological polar surface area (TPSA) is 185 Å². The highest BCUT2D eigenvalue weighted by molar-refractivity contribution is 6.06. The first kappa shape index (κ1) is 31.9. The van der Waals surface area contributed by atoms with Gasteiger partial charge >= 0.3 is 23.9 Å². The number of nitrogens with zero attached hydrogens (tertiary/aromatic N) is 2. The third kappa shape index (κ3) is 4.59. The maximum atomic E-state index is 13.5. The van der Waals surface area contributed by atoms with Crippen molar-refractivity contribution in [3.05, 3.63) is 99.7 Å². The smallest absolute Gasteiger partial charge is 0.338 e. The van der Waals surface area contributed by atoms with E-state index in [0.29, 0.717) is 50.5 Å². The second-order valence-electron chi connectivity index (χ2n) is 12.0. The van der Waals surface area contributed by atoms with Crippen LogP contribution in [0.4, 0.5) is 0 Å². The molecule has 0 aromatic carbocycles. The fraction of sp³-hybridized carbons (Fsp3) is 0.222. The Morgan fingerprint density at radius 1 is 0.812 bits per heavy atom. The first-order valence-electron chi connectivity index (χ1n) is 14.9. The van der Waals surface area contributed by atoms with Gasteiger partial charge in [-0.1, -0.05) is 24.8 Å². The predicted octanol–water partition coefficient (Wildman–Crippen LogP) is 5.69. The van der Waals surface area contributed by atoms with Gasteiger partial charge in [-0.05, 0) is 74.2 Å². The van der Waals surface area contributed by atoms with Gasteiger partial charge in [-0.15, -0.1) is 0 Å². The molecule has 6 rings (SSSR count). The molecule has 12 nitrogen and oxygen atoms in total. The summed E-state index contributed by atoms with van der Waals surface area (Å²) in [5.74, 6) is -5.00. The number of carboxylic acids is 2. The number of carbonyl (C=O) groups excluding carboxylic acids is 2. The Labute approximate surface area is 274 Å². The zero-order valence-electron chi connectivity index (χ0n) is 27.1. The minimum absolute atomic E-state index is 0.0264. The molecule has 244 valence electrons. The summed E-state index contributed by atoms with van der Waals surface area (Å²) in [6, 6.07) is 6.59. The van der Waals surface area contributed by atoms with Crippen LogP contribution in [0.1, 0.15) is 68.5 Å². The number of H-pyrrole nitrogens is 2. The van der Waals surface area contributed by atoms with Gasteiger partial charge in [-0.3, -0.25) is 9.78 Å². The number of hydrogen-bond donors (Lipinski definition) is 4. The Bertz CT molecular complexity index is 2280. The van der Waals surface area contributed by atoms with Crippen molar-refractivity contribution in [2.45, 2.75) is 33.1 Å². The van der Waals surface area contributed by atoms with E-state index in [1.165, 1.54) is 26.4 Å². The second kappa shape index (κ2) is 11.3. The number of fused-ring (bicyclic) bond motifs is 11. The summed E-state index contributed by atoms with van der Waals surface area (Å²) in [4.78, 5) is 67.7. The maximum Gasteiger partial charge on any atom is 0.338 e. The number of carboxylic acid groups (broad SMARTS) is 2. The molecule has 0 amide bonds. The van der Waals surface area contributed by atoms with Gasteiger partial charge in [0.25, 0.3) is 0 Å². The standard InChI is InChI=1S/C36H32N4O8/c1-8-18-15(2)21-12-25-20-10-9-19(34(45)47-6)31(35(46)48-7)36(20,5)28(40-25)14-23-17(4)30(33(43)44)27(39-23)13-26-29(32(41)42)16(3)22(38-26)11-24(18)37-21/h8-14,31,38-39H,1H2,2-7H3,(H,41,42)(H,43,44). The number of ether oxygens (including phenoxy) is 2. The Balaban J connectivity index is 1.84. The lowest BCUT2D eigenvalue weighted by molar-refractivity contribution is -0.149. The minimum Gasteiger partial charge on any atom is -0.478 e. The number of allylic oxidation sites excluding steroid dienone is 6. The van der Waals surface area contributed by atoms with Crippen LogP contribution in [0.25, 0.3) is 38.8 Å². The summed E-state index contributed by atoms with van der Waals surface area (Å²) < 4.78 is 10.2. The summed E-state index contributed by atoms with van der Waals surface area (Å²) in [5, 5.41) is 20.5. The molecular formula is C36H32N4O8. The van der Waals surface area contributed by atoms with Gasteiger partial charge in [0, 0.05) is 16.6 Å². The molecule has 0 spiro atoms. The van der Waals surface area contributed by atoms with Gasteiger partial charge in [0.05, 0.1) is 70.1 Å². The number of aromatic nitrogens is 4. The molecule has 2 unspecified atom stereocenters. The summed E-state index contributed by atoms with van der Waals surface area (Å²) >= 11 is 0. The fourth-order valence-electron chi connectivity index (χ4n) is 6.92. The number of rotatable bonds is 5. The minimum atomic E-state index is -1.27. The third-order valence-electron chi connectivity index (χ3n) is 9.48. The first-order chi connectivity index (χ1) is 22.8. The van der Waals surface area contributed by atoms with Crippen LogP contribution in [0.5, 0.6) is 0 Å². The average molecular weight is 649 g/mol. The van der Waals surface area contributed by atoms with Crippen molar-refractivity contribution in [2.24, 2.45) is 5.92 Å². The van der Waals surface area contributed by atoms with Gasteiger partial charge in [0.15, 0.2) is 0 Å². The number of nitrogens with one attached hydrogen (secondary N) is 2. The lowest BCUT2D eigenvalue weighted by atomic mass is 9.64. The zero-order chi connectivity index (χ0) is 34.8. The number of aryl methyl sites for hydroxylation is 2. The number of esters is 2. The Morgan fingerprint density at radius 2 is 1.42 bits per heavy atom. The molecule has 0 radical (unpaired) electrons. The highest BCUT2D eigenvalue weighted by atomic mass is 16.5. The number of aromatic carboxylic acids is 2. The van der Waals surface area contributed by atoms with Crippen molar-refractivity contribution < 1.29 is 38.9 Å². The molecule has 3 aromatic heterocycles. The average Bonchev–Trinajstić information content (AvgIpc) is 3.71. The monoisotopic (exact) mass is 648 g/mol. The van der Waals surface area contributed by atoms with E-state index in [0.717, 1.165) is 11.1 Å². The van der Waals surface area contributed by atoms with E-state index in [-0.39, 0.29) is 27.7 Å². The molecule has 2 aliphatic heterocycles. The van der Waals surface area contributed by atoms with Crippen molar-refractivity contribution >= 4 is 62.7 Å². The van der Waals surface area contributed by atoms with Crippen molar-refractivity contribution in [1.29, 1.82) is 0 Å². The normalized spacial score (nSPS) is 18.4. The van der Waals surface area contributed by atoms with Gasteiger partial charge in [0.1, 0.15) is 5.92 Å². The number of methoxy groups -OCH3 is 2. The molecule has 0 saturated carbocycles. The Hall–Kier alpha value is -6.04. The Morgan fingerprint density at radius 3 is 1.96 bits per heavy atom. The summed E-state index contributed by atoms with van der Waals surface area (Å²) in [5.41, 5.74) is 4.65. The van der Waals surface area contributed by atoms with E-state index < -0.39 is 35.2 Å². The van der Waals surface area contributed by atoms with E-state index in [2.05, 4.69) is 16.5 Å². The molecule has 12 heteroatoms. The summed E-state index contributed by atoms with van der Waals surface area (Å²) in [7, 11) is 2.45. The molecule has 5 heterocycles.